The molecular weight excluding hydrogens is 266 g/mol. The Morgan fingerprint density at radius 2 is 2.43 bits per heavy atom. The van der Waals surface area contributed by atoms with Crippen molar-refractivity contribution in [2.45, 2.75) is 18.8 Å². The molecule has 112 valence electrons. The maximum absolute atomic E-state index is 11.4. The van der Waals surface area contributed by atoms with Gasteiger partial charge in [-0.3, -0.25) is 0 Å². The largest absolute Gasteiger partial charge is 0.447 e. The number of amides is 1. The molecule has 0 spiro atoms. The number of hydrogen-bond acceptors (Lipinski definition) is 3. The number of aromatic nitrogens is 1. The highest BCUT2D eigenvalue weighted by Crippen LogP contribution is 2.21. The molecule has 0 aliphatic carbocycles. The summed E-state index contributed by atoms with van der Waals surface area (Å²) < 4.78 is 70.9. The number of H-pyrrole nitrogens is 1. The van der Waals surface area contributed by atoms with Crippen molar-refractivity contribution in [2.75, 3.05) is 27.2 Å². The van der Waals surface area contributed by atoms with Gasteiger partial charge >= 0.3 is 6.09 Å². The molecule has 5 heteroatoms. The van der Waals surface area contributed by atoms with Crippen molar-refractivity contribution < 1.29 is 20.6 Å². The Morgan fingerprint density at radius 1 is 1.57 bits per heavy atom. The number of ether oxygens (including phenoxy) is 1. The van der Waals surface area contributed by atoms with Gasteiger partial charge in [0, 0.05) is 26.4 Å². The van der Waals surface area contributed by atoms with E-state index in [-0.39, 0.29) is 53.7 Å². The fraction of sp³-hybridized carbons (Fsp3) is 0.438. The summed E-state index contributed by atoms with van der Waals surface area (Å²) >= 11 is 0. The number of likely N-dealkylation sites (N-methyl/N-ethyl adjacent to an activating group) is 1. The van der Waals surface area contributed by atoms with Crippen LogP contribution in [-0.4, -0.2) is 49.3 Å². The van der Waals surface area contributed by atoms with Gasteiger partial charge < -0.3 is 19.9 Å². The van der Waals surface area contributed by atoms with Crippen molar-refractivity contribution in [1.82, 2.24) is 15.2 Å². The SMILES string of the molecule is [2H]c1c(C[C@H]2COC(=O)N2[2H])c([2H])c2c(C([2H])([2H])CN(C)C)c([2H])n([2H])c2c1[2H]. The molecule has 1 fully saturated rings. The van der Waals surface area contributed by atoms with E-state index in [1.807, 2.05) is 0 Å². The molecule has 1 aliphatic rings. The summed E-state index contributed by atoms with van der Waals surface area (Å²) in [7, 11) is 3.32. The topological polar surface area (TPSA) is 57.4 Å². The zero-order chi connectivity index (χ0) is 21.8. The summed E-state index contributed by atoms with van der Waals surface area (Å²) in [4.78, 5) is 13.6. The summed E-state index contributed by atoms with van der Waals surface area (Å²) in [6.45, 7) is -0.196. The van der Waals surface area contributed by atoms with E-state index in [1.165, 1.54) is 0 Å². The quantitative estimate of drug-likeness (QED) is 0.886. The first kappa shape index (κ1) is 7.31. The average molecular weight is 295 g/mol. The number of nitrogens with one attached hydrogen (secondary N) is 2. The third-order valence-corrected chi connectivity index (χ3v) is 3.07. The van der Waals surface area contributed by atoms with Gasteiger partial charge in [0.05, 0.1) is 11.5 Å². The molecule has 3 rings (SSSR count). The minimum atomic E-state index is -2.08. The van der Waals surface area contributed by atoms with Crippen LogP contribution in [0.15, 0.2) is 24.3 Å². The van der Waals surface area contributed by atoms with E-state index in [4.69, 9.17) is 15.8 Å². The highest BCUT2D eigenvalue weighted by atomic mass is 16.6. The van der Waals surface area contributed by atoms with Gasteiger partial charge in [0.1, 0.15) is 6.61 Å². The number of aromatic amines is 1. The minimum absolute atomic E-state index is 0.0514. The monoisotopic (exact) mass is 295 g/mol. The molecule has 2 heterocycles. The van der Waals surface area contributed by atoms with Crippen LogP contribution < -0.4 is 5.31 Å². The molecule has 1 aromatic carbocycles. The van der Waals surface area contributed by atoms with E-state index in [1.54, 1.807) is 19.0 Å². The highest BCUT2D eigenvalue weighted by Gasteiger charge is 2.22. The van der Waals surface area contributed by atoms with Gasteiger partial charge in [0.15, 0.2) is 2.82 Å². The van der Waals surface area contributed by atoms with E-state index >= 15 is 0 Å². The van der Waals surface area contributed by atoms with Gasteiger partial charge in [-0.2, -0.15) is 0 Å². The third-order valence-electron chi connectivity index (χ3n) is 3.07. The van der Waals surface area contributed by atoms with Crippen LogP contribution in [0.5, 0.6) is 0 Å². The maximum Gasteiger partial charge on any atom is 0.407 e. The molecule has 2 N–H and O–H groups in total. The van der Waals surface area contributed by atoms with E-state index < -0.39 is 30.7 Å². The van der Waals surface area contributed by atoms with Crippen LogP contribution in [0.25, 0.3) is 10.9 Å². The molecule has 1 atom stereocenters. The summed E-state index contributed by atoms with van der Waals surface area (Å²) in [6, 6.07) is -1.77. The molecule has 2 aromatic rings. The highest BCUT2D eigenvalue weighted by molar-refractivity contribution is 5.84. The minimum Gasteiger partial charge on any atom is -0.447 e. The first-order valence-corrected chi connectivity index (χ1v) is 6.61. The molecule has 1 saturated heterocycles. The summed E-state index contributed by atoms with van der Waals surface area (Å²) in [5.41, 5.74) is -0.305. The number of carbonyl (C=O) groups excluding carboxylic acids is 1. The van der Waals surface area contributed by atoms with E-state index in [0.717, 1.165) is 0 Å². The number of nitrogens with zero attached hydrogens (tertiary/aromatic N) is 1. The molecule has 1 aromatic heterocycles. The predicted molar refractivity (Wildman–Crippen MR) is 82.5 cm³/mol. The third kappa shape index (κ3) is 3.19. The van der Waals surface area contributed by atoms with Gasteiger partial charge in [0.2, 0.25) is 0 Å². The number of alkyl carbamates (subject to hydrolysis) is 1. The van der Waals surface area contributed by atoms with Crippen LogP contribution >= 0.6 is 0 Å². The number of benzene rings is 1. The second kappa shape index (κ2) is 5.77. The first-order valence-electron chi connectivity index (χ1n) is 10.5. The molecule has 21 heavy (non-hydrogen) atoms. The molecule has 1 aliphatic heterocycles. The van der Waals surface area contributed by atoms with Crippen molar-refractivity contribution in [3.8, 4) is 0 Å². The molecule has 0 unspecified atom stereocenters. The predicted octanol–water partition coefficient (Wildman–Crippen LogP) is 1.92. The number of cyclic esters (lactones) is 1. The second-order valence-corrected chi connectivity index (χ2v) is 5.15. The molecular formula is C16H21N3O2. The van der Waals surface area contributed by atoms with Crippen molar-refractivity contribution >= 4 is 17.0 Å². The van der Waals surface area contributed by atoms with Crippen LogP contribution in [0.1, 0.15) is 19.4 Å². The van der Waals surface area contributed by atoms with Crippen LogP contribution in [-0.2, 0) is 17.5 Å². The molecule has 0 radical (unpaired) electrons. The second-order valence-electron chi connectivity index (χ2n) is 5.15. The van der Waals surface area contributed by atoms with Gasteiger partial charge in [-0.1, -0.05) is 6.04 Å². The van der Waals surface area contributed by atoms with Gasteiger partial charge in [-0.05, 0) is 50.1 Å². The lowest BCUT2D eigenvalue weighted by molar-refractivity contribution is 0.177. The summed E-state index contributed by atoms with van der Waals surface area (Å²) in [5.74, 6) is 0. The van der Waals surface area contributed by atoms with E-state index in [2.05, 4.69) is 0 Å². The summed E-state index contributed by atoms with van der Waals surface area (Å²) in [6.07, 6.45) is -3.50. The van der Waals surface area contributed by atoms with Crippen LogP contribution in [0, 0.1) is 0 Å². The van der Waals surface area contributed by atoms with E-state index in [0.29, 0.717) is 10.3 Å². The fourth-order valence-corrected chi connectivity index (χ4v) is 2.07. The number of fused-ring (bicyclic) bond motifs is 1. The molecule has 0 bridgehead atoms. The first-order chi connectivity index (χ1) is 13.4. The lowest BCUT2D eigenvalue weighted by Crippen LogP contribution is -2.28. The zero-order valence-electron chi connectivity index (χ0n) is 19.9. The Balaban J connectivity index is 2.26. The van der Waals surface area contributed by atoms with Crippen LogP contribution in [0.3, 0.4) is 0 Å². The smallest absolute Gasteiger partial charge is 0.407 e. The Hall–Kier alpha value is -2.01. The van der Waals surface area contributed by atoms with E-state index in [9.17, 15) is 4.79 Å². The van der Waals surface area contributed by atoms with Crippen LogP contribution in [0.2, 0.25) is 2.82 Å². The number of rotatable bonds is 5. The average Bonchev–Trinajstić information content (AvgIpc) is 3.07. The standard InChI is InChI=1S/C16H21N3O2/c1-19(2)6-5-12-9-17-15-4-3-11(8-14(12)15)7-13-10-21-16(20)18-13/h3-4,8-9,13,17H,5-7,10H2,1-2H3,(H,18,20)/t13-/m0/s1/i3D,4D,5D2,8D,9D/hD2. The maximum atomic E-state index is 11.4. The van der Waals surface area contributed by atoms with Gasteiger partial charge in [-0.15, -0.1) is 0 Å². The molecule has 1 amide bonds. The Bertz CT molecular complexity index is 991. The fourth-order valence-electron chi connectivity index (χ4n) is 2.07. The Labute approximate surface area is 135 Å². The molecule has 0 saturated carbocycles. The summed E-state index contributed by atoms with van der Waals surface area (Å²) in [5, 5.41) is 0.555. The zero-order valence-corrected chi connectivity index (χ0v) is 11.9. The van der Waals surface area contributed by atoms with Gasteiger partial charge in [-0.25, -0.2) is 4.79 Å². The van der Waals surface area contributed by atoms with Crippen LogP contribution in [0.4, 0.5) is 4.79 Å². The normalized spacial score (nSPS) is 24.8. The van der Waals surface area contributed by atoms with Crippen molar-refractivity contribution in [3.05, 3.63) is 35.4 Å². The lowest BCUT2D eigenvalue weighted by Gasteiger charge is -2.09. The van der Waals surface area contributed by atoms with Crippen molar-refractivity contribution in [2.24, 2.45) is 0 Å². The number of carbonyl (C=O) groups is 1. The Morgan fingerprint density at radius 3 is 3.14 bits per heavy atom. The molecule has 5 nitrogen and oxygen atoms in total. The van der Waals surface area contributed by atoms with Crippen molar-refractivity contribution in [3.63, 3.8) is 0 Å². The van der Waals surface area contributed by atoms with Crippen molar-refractivity contribution in [1.29, 1.82) is 0 Å². The number of hydrogen-bond donors (Lipinski definition) is 2. The lowest BCUT2D eigenvalue weighted by atomic mass is 10.0. The van der Waals surface area contributed by atoms with Gasteiger partial charge in [0.25, 0.3) is 0 Å². The Kier molecular flexibility index (Phi) is 2.01.